The summed E-state index contributed by atoms with van der Waals surface area (Å²) < 4.78 is 11.4. The molecule has 1 aliphatic carbocycles. The monoisotopic (exact) mass is 263 g/mol. The minimum atomic E-state index is -0.00861. The van der Waals surface area contributed by atoms with E-state index in [2.05, 4.69) is 15.3 Å². The van der Waals surface area contributed by atoms with Crippen molar-refractivity contribution in [2.45, 2.75) is 38.2 Å². The predicted molar refractivity (Wildman–Crippen MR) is 71.5 cm³/mol. The Morgan fingerprint density at radius 2 is 2.16 bits per heavy atom. The van der Waals surface area contributed by atoms with Crippen molar-refractivity contribution in [2.24, 2.45) is 0 Å². The standard InChI is InChI=1S/C14H21N3O2/c1-9-12(11-8-15-6-3-7-19-11)14(18-2)17-13(16-9)10-4-5-10/h10-11,15H,3-8H2,1-2H3. The van der Waals surface area contributed by atoms with Gasteiger partial charge in [-0.1, -0.05) is 0 Å². The topological polar surface area (TPSA) is 56.3 Å². The lowest BCUT2D eigenvalue weighted by atomic mass is 10.1. The van der Waals surface area contributed by atoms with Gasteiger partial charge in [0, 0.05) is 19.1 Å². The number of rotatable bonds is 3. The van der Waals surface area contributed by atoms with Crippen LogP contribution in [0.2, 0.25) is 0 Å². The minimum Gasteiger partial charge on any atom is -0.481 e. The average Bonchev–Trinajstić information content (AvgIpc) is 3.24. The zero-order valence-electron chi connectivity index (χ0n) is 11.6. The number of aromatic nitrogens is 2. The van der Waals surface area contributed by atoms with Crippen LogP contribution in [-0.2, 0) is 4.74 Å². The van der Waals surface area contributed by atoms with E-state index in [1.54, 1.807) is 7.11 Å². The largest absolute Gasteiger partial charge is 0.481 e. The molecule has 104 valence electrons. The summed E-state index contributed by atoms with van der Waals surface area (Å²) in [5, 5.41) is 3.39. The number of nitrogens with zero attached hydrogens (tertiary/aromatic N) is 2. The zero-order valence-corrected chi connectivity index (χ0v) is 11.6. The SMILES string of the molecule is COc1nc(C2CC2)nc(C)c1C1CNCCCO1. The molecule has 1 saturated heterocycles. The van der Waals surface area contributed by atoms with E-state index in [9.17, 15) is 0 Å². The maximum absolute atomic E-state index is 5.91. The maximum Gasteiger partial charge on any atom is 0.222 e. The van der Waals surface area contributed by atoms with Crippen molar-refractivity contribution in [2.75, 3.05) is 26.8 Å². The van der Waals surface area contributed by atoms with Gasteiger partial charge in [0.1, 0.15) is 11.9 Å². The van der Waals surface area contributed by atoms with Crippen LogP contribution in [0.4, 0.5) is 0 Å². The van der Waals surface area contributed by atoms with Crippen LogP contribution in [0.5, 0.6) is 5.88 Å². The number of aryl methyl sites for hydroxylation is 1. The van der Waals surface area contributed by atoms with Crippen molar-refractivity contribution in [1.82, 2.24) is 15.3 Å². The van der Waals surface area contributed by atoms with E-state index in [1.165, 1.54) is 12.8 Å². The summed E-state index contributed by atoms with van der Waals surface area (Å²) in [6.07, 6.45) is 3.43. The van der Waals surface area contributed by atoms with E-state index in [0.717, 1.165) is 43.2 Å². The van der Waals surface area contributed by atoms with Gasteiger partial charge in [0.25, 0.3) is 0 Å². The Kier molecular flexibility index (Phi) is 3.66. The normalized spacial score (nSPS) is 24.0. The summed E-state index contributed by atoms with van der Waals surface area (Å²) in [6, 6.07) is 0. The summed E-state index contributed by atoms with van der Waals surface area (Å²) in [5.41, 5.74) is 1.99. The molecule has 0 spiro atoms. The molecule has 2 heterocycles. The van der Waals surface area contributed by atoms with E-state index in [4.69, 9.17) is 9.47 Å². The first-order valence-corrected chi connectivity index (χ1v) is 7.04. The highest BCUT2D eigenvalue weighted by atomic mass is 16.5. The van der Waals surface area contributed by atoms with Gasteiger partial charge in [-0.15, -0.1) is 0 Å². The average molecular weight is 263 g/mol. The van der Waals surface area contributed by atoms with Crippen LogP contribution >= 0.6 is 0 Å². The van der Waals surface area contributed by atoms with Gasteiger partial charge in [-0.2, -0.15) is 4.98 Å². The third kappa shape index (κ3) is 2.72. The van der Waals surface area contributed by atoms with Crippen molar-refractivity contribution in [1.29, 1.82) is 0 Å². The second-order valence-electron chi connectivity index (χ2n) is 5.28. The molecule has 1 atom stereocenters. The molecule has 1 N–H and O–H groups in total. The summed E-state index contributed by atoms with van der Waals surface area (Å²) in [5.74, 6) is 2.15. The van der Waals surface area contributed by atoms with Crippen molar-refractivity contribution in [3.8, 4) is 5.88 Å². The van der Waals surface area contributed by atoms with E-state index < -0.39 is 0 Å². The molecule has 2 fully saturated rings. The molecule has 3 rings (SSSR count). The Morgan fingerprint density at radius 1 is 1.32 bits per heavy atom. The summed E-state index contributed by atoms with van der Waals surface area (Å²) >= 11 is 0. The van der Waals surface area contributed by atoms with Crippen LogP contribution in [0, 0.1) is 6.92 Å². The number of nitrogens with one attached hydrogen (secondary N) is 1. The highest BCUT2D eigenvalue weighted by molar-refractivity contribution is 5.34. The van der Waals surface area contributed by atoms with Crippen LogP contribution in [0.25, 0.3) is 0 Å². The number of hydrogen-bond acceptors (Lipinski definition) is 5. The Bertz CT molecular complexity index is 452. The molecule has 0 amide bonds. The van der Waals surface area contributed by atoms with Gasteiger partial charge < -0.3 is 14.8 Å². The number of hydrogen-bond donors (Lipinski definition) is 1. The fraction of sp³-hybridized carbons (Fsp3) is 0.714. The first kappa shape index (κ1) is 12.8. The first-order chi connectivity index (χ1) is 9.29. The van der Waals surface area contributed by atoms with Crippen LogP contribution in [-0.4, -0.2) is 36.8 Å². The van der Waals surface area contributed by atoms with Gasteiger partial charge in [0.2, 0.25) is 5.88 Å². The fourth-order valence-corrected chi connectivity index (χ4v) is 2.53. The Morgan fingerprint density at radius 3 is 2.89 bits per heavy atom. The molecule has 1 aromatic heterocycles. The minimum absolute atomic E-state index is 0.00861. The number of methoxy groups -OCH3 is 1. The Labute approximate surface area is 113 Å². The molecule has 0 bridgehead atoms. The molecule has 1 unspecified atom stereocenters. The second-order valence-corrected chi connectivity index (χ2v) is 5.28. The first-order valence-electron chi connectivity index (χ1n) is 7.04. The molecule has 0 aromatic carbocycles. The quantitative estimate of drug-likeness (QED) is 0.900. The molecule has 19 heavy (non-hydrogen) atoms. The molecule has 0 radical (unpaired) electrons. The number of ether oxygens (including phenoxy) is 2. The van der Waals surface area contributed by atoms with Crippen LogP contribution in [0.15, 0.2) is 0 Å². The Balaban J connectivity index is 1.93. The van der Waals surface area contributed by atoms with Crippen LogP contribution in [0.3, 0.4) is 0 Å². The smallest absolute Gasteiger partial charge is 0.222 e. The van der Waals surface area contributed by atoms with Gasteiger partial charge in [-0.25, -0.2) is 4.98 Å². The summed E-state index contributed by atoms with van der Waals surface area (Å²) in [4.78, 5) is 9.23. The highest BCUT2D eigenvalue weighted by Gasteiger charge is 2.30. The van der Waals surface area contributed by atoms with E-state index in [0.29, 0.717) is 11.8 Å². The lowest BCUT2D eigenvalue weighted by Crippen LogP contribution is -2.22. The van der Waals surface area contributed by atoms with Gasteiger partial charge in [-0.05, 0) is 32.7 Å². The molecule has 1 aliphatic heterocycles. The van der Waals surface area contributed by atoms with E-state index in [1.807, 2.05) is 6.92 Å². The van der Waals surface area contributed by atoms with Crippen molar-refractivity contribution >= 4 is 0 Å². The van der Waals surface area contributed by atoms with Gasteiger partial charge in [0.05, 0.1) is 18.4 Å². The van der Waals surface area contributed by atoms with Crippen molar-refractivity contribution in [3.63, 3.8) is 0 Å². The van der Waals surface area contributed by atoms with E-state index >= 15 is 0 Å². The van der Waals surface area contributed by atoms with Crippen LogP contribution < -0.4 is 10.1 Å². The summed E-state index contributed by atoms with van der Waals surface area (Å²) in [6.45, 7) is 4.59. The zero-order chi connectivity index (χ0) is 13.2. The van der Waals surface area contributed by atoms with E-state index in [-0.39, 0.29) is 6.10 Å². The van der Waals surface area contributed by atoms with Crippen molar-refractivity contribution in [3.05, 3.63) is 17.1 Å². The lowest BCUT2D eigenvalue weighted by molar-refractivity contribution is 0.0638. The molecule has 5 heteroatoms. The fourth-order valence-electron chi connectivity index (χ4n) is 2.53. The molecule has 1 saturated carbocycles. The third-order valence-electron chi connectivity index (χ3n) is 3.72. The molecular formula is C14H21N3O2. The highest BCUT2D eigenvalue weighted by Crippen LogP contribution is 2.40. The van der Waals surface area contributed by atoms with Crippen LogP contribution in [0.1, 0.15) is 48.4 Å². The molecular weight excluding hydrogens is 242 g/mol. The van der Waals surface area contributed by atoms with Crippen molar-refractivity contribution < 1.29 is 9.47 Å². The van der Waals surface area contributed by atoms with Gasteiger partial charge in [0.15, 0.2) is 0 Å². The second kappa shape index (κ2) is 5.43. The predicted octanol–water partition coefficient (Wildman–Crippen LogP) is 1.72. The summed E-state index contributed by atoms with van der Waals surface area (Å²) in [7, 11) is 1.67. The van der Waals surface area contributed by atoms with Gasteiger partial charge >= 0.3 is 0 Å². The molecule has 2 aliphatic rings. The maximum atomic E-state index is 5.91. The molecule has 5 nitrogen and oxygen atoms in total. The lowest BCUT2D eigenvalue weighted by Gasteiger charge is -2.20. The van der Waals surface area contributed by atoms with Gasteiger partial charge in [-0.3, -0.25) is 0 Å². The Hall–Kier alpha value is -1.20. The third-order valence-corrected chi connectivity index (χ3v) is 3.72. The molecule has 1 aromatic rings.